The number of hydrogen-bond acceptors (Lipinski definition) is 3. The smallest absolute Gasteiger partial charge is 0.401 e. The van der Waals surface area contributed by atoms with E-state index in [-0.39, 0.29) is 12.6 Å². The molecule has 20 heavy (non-hydrogen) atoms. The Morgan fingerprint density at radius 1 is 1.35 bits per heavy atom. The lowest BCUT2D eigenvalue weighted by molar-refractivity contribution is -0.147. The van der Waals surface area contributed by atoms with Crippen LogP contribution in [-0.4, -0.2) is 53.9 Å². The number of halogens is 3. The van der Waals surface area contributed by atoms with Gasteiger partial charge in [0.25, 0.3) is 0 Å². The van der Waals surface area contributed by atoms with Gasteiger partial charge in [0.05, 0.1) is 6.54 Å². The normalized spacial score (nSPS) is 15.7. The molecule has 0 fully saturated rings. The van der Waals surface area contributed by atoms with Crippen molar-refractivity contribution in [2.24, 2.45) is 0 Å². The standard InChI is InChI=1S/C13H25F3N2O2/c1-5-12(11(19)20,17-10(2)3)7-6-8-18(4)9-13(14,15)16/h10,17H,5-9H2,1-4H3,(H,19,20). The molecule has 0 spiro atoms. The van der Waals surface area contributed by atoms with Gasteiger partial charge in [0.2, 0.25) is 0 Å². The van der Waals surface area contributed by atoms with Gasteiger partial charge in [-0.3, -0.25) is 15.0 Å². The fraction of sp³-hybridized carbons (Fsp3) is 0.923. The summed E-state index contributed by atoms with van der Waals surface area (Å²) < 4.78 is 36.6. The third kappa shape index (κ3) is 7.09. The first-order valence-corrected chi connectivity index (χ1v) is 6.79. The van der Waals surface area contributed by atoms with Crippen molar-refractivity contribution >= 4 is 5.97 Å². The topological polar surface area (TPSA) is 52.6 Å². The Bertz CT molecular complexity index is 308. The SMILES string of the molecule is CCC(CCCN(C)CC(F)(F)F)(NC(C)C)C(=O)O. The number of hydrogen-bond donors (Lipinski definition) is 2. The van der Waals surface area contributed by atoms with E-state index in [2.05, 4.69) is 5.32 Å². The molecule has 0 aliphatic carbocycles. The van der Waals surface area contributed by atoms with Crippen LogP contribution >= 0.6 is 0 Å². The summed E-state index contributed by atoms with van der Waals surface area (Å²) in [7, 11) is 1.39. The van der Waals surface area contributed by atoms with Crippen molar-refractivity contribution < 1.29 is 23.1 Å². The van der Waals surface area contributed by atoms with Gasteiger partial charge >= 0.3 is 12.1 Å². The molecule has 0 radical (unpaired) electrons. The largest absolute Gasteiger partial charge is 0.480 e. The molecule has 7 heteroatoms. The van der Waals surface area contributed by atoms with Gasteiger partial charge in [-0.1, -0.05) is 6.92 Å². The molecule has 0 saturated heterocycles. The van der Waals surface area contributed by atoms with Gasteiger partial charge in [-0.15, -0.1) is 0 Å². The Hall–Kier alpha value is -0.820. The van der Waals surface area contributed by atoms with Gasteiger partial charge in [0.1, 0.15) is 5.54 Å². The van der Waals surface area contributed by atoms with E-state index < -0.39 is 24.2 Å². The first-order chi connectivity index (χ1) is 9.02. The van der Waals surface area contributed by atoms with Crippen molar-refractivity contribution in [3.05, 3.63) is 0 Å². The van der Waals surface area contributed by atoms with Gasteiger partial charge in [-0.2, -0.15) is 13.2 Å². The highest BCUT2D eigenvalue weighted by molar-refractivity contribution is 5.78. The molecule has 0 aromatic carbocycles. The lowest BCUT2D eigenvalue weighted by Crippen LogP contribution is -2.54. The number of aliphatic carboxylic acids is 1. The number of carbonyl (C=O) groups is 1. The Labute approximate surface area is 118 Å². The molecule has 0 aromatic heterocycles. The van der Waals surface area contributed by atoms with Gasteiger partial charge in [-0.25, -0.2) is 0 Å². The van der Waals surface area contributed by atoms with Crippen LogP contribution in [0.25, 0.3) is 0 Å². The molecule has 0 rings (SSSR count). The number of carboxylic acids is 1. The molecule has 120 valence electrons. The predicted molar refractivity (Wildman–Crippen MR) is 71.7 cm³/mol. The summed E-state index contributed by atoms with van der Waals surface area (Å²) in [5, 5.41) is 12.4. The number of nitrogens with zero attached hydrogens (tertiary/aromatic N) is 1. The van der Waals surface area contributed by atoms with Crippen LogP contribution in [-0.2, 0) is 4.79 Å². The summed E-state index contributed by atoms with van der Waals surface area (Å²) in [5.41, 5.74) is -1.06. The zero-order valence-corrected chi connectivity index (χ0v) is 12.5. The summed E-state index contributed by atoms with van der Waals surface area (Å²) in [6.45, 7) is 4.71. The van der Waals surface area contributed by atoms with E-state index in [9.17, 15) is 23.1 Å². The summed E-state index contributed by atoms with van der Waals surface area (Å²) in [5.74, 6) is -0.952. The second-order valence-corrected chi connectivity index (χ2v) is 5.50. The maximum absolute atomic E-state index is 12.2. The highest BCUT2D eigenvalue weighted by Crippen LogP contribution is 2.20. The zero-order valence-electron chi connectivity index (χ0n) is 12.5. The third-order valence-electron chi connectivity index (χ3n) is 3.17. The number of rotatable bonds is 9. The minimum Gasteiger partial charge on any atom is -0.480 e. The van der Waals surface area contributed by atoms with E-state index in [0.29, 0.717) is 19.3 Å². The summed E-state index contributed by atoms with van der Waals surface area (Å²) in [6.07, 6.45) is -3.13. The molecule has 0 aliphatic rings. The maximum Gasteiger partial charge on any atom is 0.401 e. The molecule has 0 amide bonds. The highest BCUT2D eigenvalue weighted by atomic mass is 19.4. The van der Waals surface area contributed by atoms with Crippen LogP contribution in [0, 0.1) is 0 Å². The van der Waals surface area contributed by atoms with E-state index in [1.165, 1.54) is 7.05 Å². The second-order valence-electron chi connectivity index (χ2n) is 5.50. The number of nitrogens with one attached hydrogen (secondary N) is 1. The number of alkyl halides is 3. The van der Waals surface area contributed by atoms with E-state index in [4.69, 9.17) is 0 Å². The molecular formula is C13H25F3N2O2. The molecule has 0 saturated carbocycles. The van der Waals surface area contributed by atoms with Gasteiger partial charge in [0, 0.05) is 6.04 Å². The maximum atomic E-state index is 12.2. The van der Waals surface area contributed by atoms with E-state index in [0.717, 1.165) is 4.90 Å². The molecule has 1 atom stereocenters. The molecular weight excluding hydrogens is 273 g/mol. The van der Waals surface area contributed by atoms with Crippen molar-refractivity contribution in [2.75, 3.05) is 20.1 Å². The average Bonchev–Trinajstić information content (AvgIpc) is 2.24. The Balaban J connectivity index is 4.45. The molecule has 4 nitrogen and oxygen atoms in total. The summed E-state index contributed by atoms with van der Waals surface area (Å²) in [6, 6.07) is -0.000968. The minimum atomic E-state index is -4.22. The average molecular weight is 298 g/mol. The van der Waals surface area contributed by atoms with Crippen molar-refractivity contribution in [2.45, 2.75) is 57.8 Å². The van der Waals surface area contributed by atoms with E-state index >= 15 is 0 Å². The molecule has 0 aromatic rings. The van der Waals surface area contributed by atoms with Crippen LogP contribution in [0.15, 0.2) is 0 Å². The minimum absolute atomic E-state index is 0.000968. The van der Waals surface area contributed by atoms with Gasteiger partial charge < -0.3 is 5.11 Å². The zero-order chi connectivity index (χ0) is 16.0. The summed E-state index contributed by atoms with van der Waals surface area (Å²) >= 11 is 0. The van der Waals surface area contributed by atoms with Crippen LogP contribution in [0.4, 0.5) is 13.2 Å². The van der Waals surface area contributed by atoms with Gasteiger partial charge in [-0.05, 0) is 46.7 Å². The Kier molecular flexibility index (Phi) is 7.51. The van der Waals surface area contributed by atoms with E-state index in [1.807, 2.05) is 13.8 Å². The summed E-state index contributed by atoms with van der Waals surface area (Å²) in [4.78, 5) is 12.6. The first kappa shape index (κ1) is 19.2. The van der Waals surface area contributed by atoms with Crippen molar-refractivity contribution in [1.82, 2.24) is 10.2 Å². The van der Waals surface area contributed by atoms with Crippen LogP contribution in [0.1, 0.15) is 40.0 Å². The van der Waals surface area contributed by atoms with Crippen molar-refractivity contribution in [3.63, 3.8) is 0 Å². The van der Waals surface area contributed by atoms with Crippen LogP contribution in [0.2, 0.25) is 0 Å². The highest BCUT2D eigenvalue weighted by Gasteiger charge is 2.36. The molecule has 1 unspecified atom stereocenters. The quantitative estimate of drug-likeness (QED) is 0.687. The third-order valence-corrected chi connectivity index (χ3v) is 3.17. The Morgan fingerprint density at radius 3 is 2.25 bits per heavy atom. The molecule has 0 aliphatic heterocycles. The fourth-order valence-electron chi connectivity index (χ4n) is 2.26. The first-order valence-electron chi connectivity index (χ1n) is 6.79. The number of carboxylic acid groups (broad SMARTS) is 1. The molecule has 0 heterocycles. The van der Waals surface area contributed by atoms with Crippen LogP contribution < -0.4 is 5.32 Å². The van der Waals surface area contributed by atoms with Crippen molar-refractivity contribution in [1.29, 1.82) is 0 Å². The van der Waals surface area contributed by atoms with Gasteiger partial charge in [0.15, 0.2) is 0 Å². The predicted octanol–water partition coefficient (Wildman–Crippen LogP) is 2.49. The van der Waals surface area contributed by atoms with Crippen LogP contribution in [0.5, 0.6) is 0 Å². The second kappa shape index (κ2) is 7.83. The molecule has 0 bridgehead atoms. The molecule has 2 N–H and O–H groups in total. The lowest BCUT2D eigenvalue weighted by atomic mass is 9.89. The Morgan fingerprint density at radius 2 is 1.90 bits per heavy atom. The lowest BCUT2D eigenvalue weighted by Gasteiger charge is -2.32. The monoisotopic (exact) mass is 298 g/mol. The van der Waals surface area contributed by atoms with Crippen LogP contribution in [0.3, 0.4) is 0 Å². The van der Waals surface area contributed by atoms with Crippen molar-refractivity contribution in [3.8, 4) is 0 Å². The fourth-order valence-corrected chi connectivity index (χ4v) is 2.26. The van der Waals surface area contributed by atoms with E-state index in [1.54, 1.807) is 6.92 Å².